The summed E-state index contributed by atoms with van der Waals surface area (Å²) in [5, 5.41) is 13.6. The molecule has 8 heteroatoms. The van der Waals surface area contributed by atoms with Crippen molar-refractivity contribution in [3.05, 3.63) is 78.0 Å². The van der Waals surface area contributed by atoms with Gasteiger partial charge in [-0.05, 0) is 35.9 Å². The minimum atomic E-state index is -0.119. The van der Waals surface area contributed by atoms with Crippen LogP contribution in [0.3, 0.4) is 0 Å². The Hall–Kier alpha value is -4.22. The molecular formula is C24H20N6O2. The number of ether oxygens (including phenoxy) is 1. The predicted octanol–water partition coefficient (Wildman–Crippen LogP) is 2.91. The minimum absolute atomic E-state index is 0.0452. The zero-order chi connectivity index (χ0) is 22.1. The van der Waals surface area contributed by atoms with E-state index in [0.29, 0.717) is 36.7 Å². The van der Waals surface area contributed by atoms with Crippen LogP contribution in [0.25, 0.3) is 16.9 Å². The summed E-state index contributed by atoms with van der Waals surface area (Å²) >= 11 is 0. The second kappa shape index (κ2) is 8.13. The first-order valence-corrected chi connectivity index (χ1v) is 10.2. The van der Waals surface area contributed by atoms with E-state index in [1.54, 1.807) is 33.8 Å². The summed E-state index contributed by atoms with van der Waals surface area (Å²) in [5.41, 5.74) is 10.6. The van der Waals surface area contributed by atoms with Crippen molar-refractivity contribution in [3.8, 4) is 23.2 Å². The highest BCUT2D eigenvalue weighted by Gasteiger charge is 2.27. The molecule has 8 nitrogen and oxygen atoms in total. The number of imidazole rings is 1. The van der Waals surface area contributed by atoms with Crippen LogP contribution in [0.5, 0.6) is 5.88 Å². The molecule has 3 heterocycles. The summed E-state index contributed by atoms with van der Waals surface area (Å²) in [7, 11) is 0. The van der Waals surface area contributed by atoms with Gasteiger partial charge in [0.15, 0.2) is 5.65 Å². The molecule has 0 unspecified atom stereocenters. The fraction of sp³-hybridized carbons (Fsp3) is 0.167. The van der Waals surface area contributed by atoms with E-state index in [9.17, 15) is 4.79 Å². The molecule has 0 radical (unpaired) electrons. The molecule has 4 aromatic rings. The van der Waals surface area contributed by atoms with Crippen LogP contribution in [-0.4, -0.2) is 33.1 Å². The maximum absolute atomic E-state index is 12.1. The third-order valence-corrected chi connectivity index (χ3v) is 5.41. The van der Waals surface area contributed by atoms with Crippen molar-refractivity contribution in [1.29, 1.82) is 5.26 Å². The van der Waals surface area contributed by atoms with Crippen molar-refractivity contribution < 1.29 is 9.53 Å². The number of nitrogens with two attached hydrogens (primary N) is 1. The van der Waals surface area contributed by atoms with Gasteiger partial charge < -0.3 is 15.4 Å². The lowest BCUT2D eigenvalue weighted by Crippen LogP contribution is -2.27. The molecule has 1 saturated heterocycles. The average Bonchev–Trinajstić information content (AvgIpc) is 3.40. The molecule has 0 bridgehead atoms. The number of anilines is 1. The van der Waals surface area contributed by atoms with Crippen molar-refractivity contribution in [2.24, 2.45) is 5.73 Å². The van der Waals surface area contributed by atoms with Crippen LogP contribution in [0.15, 0.2) is 66.9 Å². The van der Waals surface area contributed by atoms with Gasteiger partial charge in [0.2, 0.25) is 11.8 Å². The van der Waals surface area contributed by atoms with E-state index >= 15 is 0 Å². The molecular weight excluding hydrogens is 404 g/mol. The van der Waals surface area contributed by atoms with Crippen LogP contribution in [0, 0.1) is 11.3 Å². The second-order valence-electron chi connectivity index (χ2n) is 7.70. The lowest BCUT2D eigenvalue weighted by molar-refractivity contribution is -0.117. The van der Waals surface area contributed by atoms with Gasteiger partial charge in [0.05, 0.1) is 23.5 Å². The molecule has 32 heavy (non-hydrogen) atoms. The molecule has 0 spiro atoms. The Morgan fingerprint density at radius 3 is 2.75 bits per heavy atom. The molecule has 1 aliphatic rings. The van der Waals surface area contributed by atoms with Gasteiger partial charge in [-0.25, -0.2) is 9.50 Å². The highest BCUT2D eigenvalue weighted by molar-refractivity contribution is 5.96. The molecule has 1 amide bonds. The van der Waals surface area contributed by atoms with Crippen molar-refractivity contribution in [2.75, 3.05) is 11.4 Å². The van der Waals surface area contributed by atoms with Gasteiger partial charge >= 0.3 is 0 Å². The lowest BCUT2D eigenvalue weighted by Gasteiger charge is -2.16. The number of benzene rings is 2. The maximum Gasteiger partial charge on any atom is 0.232 e. The number of hydrogen-bond donors (Lipinski definition) is 1. The Kier molecular flexibility index (Phi) is 5.01. The van der Waals surface area contributed by atoms with Crippen molar-refractivity contribution in [3.63, 3.8) is 0 Å². The Morgan fingerprint density at radius 2 is 2.00 bits per heavy atom. The first kappa shape index (κ1) is 19.7. The van der Waals surface area contributed by atoms with E-state index in [0.717, 1.165) is 22.5 Å². The van der Waals surface area contributed by atoms with Crippen LogP contribution in [0.2, 0.25) is 0 Å². The number of amides is 1. The highest BCUT2D eigenvalue weighted by Crippen LogP contribution is 2.26. The standard InChI is InChI=1S/C24H20N6O2/c25-12-16-2-1-3-17(10-16)15-32-23-9-8-22-27-13-21(30(22)28-23)18-4-6-20(7-5-18)29-14-19(26)11-24(29)31/h1-10,13,19H,11,14-15,26H2/t19-/m0/s1. The van der Waals surface area contributed by atoms with Gasteiger partial charge in [-0.3, -0.25) is 4.79 Å². The van der Waals surface area contributed by atoms with Gasteiger partial charge in [-0.15, -0.1) is 5.10 Å². The molecule has 0 saturated carbocycles. The van der Waals surface area contributed by atoms with Crippen LogP contribution in [0.1, 0.15) is 17.5 Å². The zero-order valence-corrected chi connectivity index (χ0v) is 17.2. The quantitative estimate of drug-likeness (QED) is 0.528. The van der Waals surface area contributed by atoms with Crippen molar-refractivity contribution in [1.82, 2.24) is 14.6 Å². The molecule has 2 aromatic heterocycles. The third-order valence-electron chi connectivity index (χ3n) is 5.41. The van der Waals surface area contributed by atoms with Gasteiger partial charge in [0.1, 0.15) is 6.61 Å². The molecule has 0 aliphatic carbocycles. The Morgan fingerprint density at radius 1 is 1.16 bits per heavy atom. The van der Waals surface area contributed by atoms with Gasteiger partial charge in [0, 0.05) is 36.3 Å². The summed E-state index contributed by atoms with van der Waals surface area (Å²) < 4.78 is 7.57. The normalized spacial score (nSPS) is 15.8. The minimum Gasteiger partial charge on any atom is -0.472 e. The van der Waals surface area contributed by atoms with E-state index in [-0.39, 0.29) is 11.9 Å². The van der Waals surface area contributed by atoms with Crippen LogP contribution in [0.4, 0.5) is 5.69 Å². The number of aromatic nitrogens is 3. The average molecular weight is 424 g/mol. The Bertz CT molecular complexity index is 1340. The molecule has 2 aromatic carbocycles. The summed E-state index contributed by atoms with van der Waals surface area (Å²) in [6.07, 6.45) is 2.14. The van der Waals surface area contributed by atoms with Crippen LogP contribution in [-0.2, 0) is 11.4 Å². The molecule has 5 rings (SSSR count). The number of fused-ring (bicyclic) bond motifs is 1. The fourth-order valence-corrected chi connectivity index (χ4v) is 3.82. The van der Waals surface area contributed by atoms with E-state index in [4.69, 9.17) is 15.7 Å². The Balaban J connectivity index is 1.38. The second-order valence-corrected chi connectivity index (χ2v) is 7.70. The van der Waals surface area contributed by atoms with E-state index in [2.05, 4.69) is 16.2 Å². The largest absolute Gasteiger partial charge is 0.472 e. The first-order valence-electron chi connectivity index (χ1n) is 10.2. The number of hydrogen-bond acceptors (Lipinski definition) is 6. The van der Waals surface area contributed by atoms with Crippen molar-refractivity contribution in [2.45, 2.75) is 19.1 Å². The number of rotatable bonds is 5. The fourth-order valence-electron chi connectivity index (χ4n) is 3.82. The number of carbonyl (C=O) groups is 1. The SMILES string of the molecule is N#Cc1cccc(COc2ccc3ncc(-c4ccc(N5C[C@@H](N)CC5=O)cc4)n3n2)c1. The van der Waals surface area contributed by atoms with Gasteiger partial charge in [-0.2, -0.15) is 5.26 Å². The maximum atomic E-state index is 12.1. The van der Waals surface area contributed by atoms with E-state index in [1.807, 2.05) is 42.5 Å². The van der Waals surface area contributed by atoms with Crippen molar-refractivity contribution >= 4 is 17.2 Å². The zero-order valence-electron chi connectivity index (χ0n) is 17.2. The summed E-state index contributed by atoms with van der Waals surface area (Å²) in [6.45, 7) is 0.839. The summed E-state index contributed by atoms with van der Waals surface area (Å²) in [4.78, 5) is 18.2. The van der Waals surface area contributed by atoms with Gasteiger partial charge in [0.25, 0.3) is 0 Å². The van der Waals surface area contributed by atoms with Gasteiger partial charge in [-0.1, -0.05) is 24.3 Å². The van der Waals surface area contributed by atoms with E-state index in [1.165, 1.54) is 0 Å². The molecule has 1 aliphatic heterocycles. The van der Waals surface area contributed by atoms with Crippen LogP contribution < -0.4 is 15.4 Å². The van der Waals surface area contributed by atoms with E-state index < -0.39 is 0 Å². The molecule has 1 fully saturated rings. The third kappa shape index (κ3) is 3.77. The van der Waals surface area contributed by atoms with Crippen LogP contribution >= 0.6 is 0 Å². The smallest absolute Gasteiger partial charge is 0.232 e. The predicted molar refractivity (Wildman–Crippen MR) is 119 cm³/mol. The number of nitriles is 1. The highest BCUT2D eigenvalue weighted by atomic mass is 16.5. The molecule has 1 atom stereocenters. The summed E-state index contributed by atoms with van der Waals surface area (Å²) in [5.74, 6) is 0.496. The summed E-state index contributed by atoms with van der Waals surface area (Å²) in [6, 6.07) is 20.6. The number of carbonyl (C=O) groups excluding carboxylic acids is 1. The number of nitrogens with zero attached hydrogens (tertiary/aromatic N) is 5. The molecule has 2 N–H and O–H groups in total. The monoisotopic (exact) mass is 424 g/mol. The Labute approximate surface area is 184 Å². The topological polar surface area (TPSA) is 110 Å². The molecule has 158 valence electrons. The first-order chi connectivity index (χ1) is 15.6. The lowest BCUT2D eigenvalue weighted by atomic mass is 10.1.